The van der Waals surface area contributed by atoms with Crippen LogP contribution in [0.1, 0.15) is 26.4 Å². The molecule has 6 nitrogen and oxygen atoms in total. The molecule has 6 heteroatoms. The van der Waals surface area contributed by atoms with Gasteiger partial charge in [0.2, 0.25) is 0 Å². The van der Waals surface area contributed by atoms with Crippen molar-refractivity contribution in [2.24, 2.45) is 0 Å². The summed E-state index contributed by atoms with van der Waals surface area (Å²) in [6.45, 7) is 0.374. The Labute approximate surface area is 109 Å². The third kappa shape index (κ3) is 3.19. The molecule has 0 unspecified atom stereocenters. The fourth-order valence-corrected chi connectivity index (χ4v) is 1.53. The van der Waals surface area contributed by atoms with Crippen LogP contribution in [0.15, 0.2) is 36.8 Å². The van der Waals surface area contributed by atoms with E-state index in [1.807, 2.05) is 0 Å². The predicted octanol–water partition coefficient (Wildman–Crippen LogP) is 1.13. The van der Waals surface area contributed by atoms with Crippen LogP contribution < -0.4 is 5.32 Å². The molecule has 1 amide bonds. The summed E-state index contributed by atoms with van der Waals surface area (Å²) in [4.78, 5) is 29.4. The molecule has 0 spiro atoms. The van der Waals surface area contributed by atoms with Gasteiger partial charge in [-0.3, -0.25) is 4.79 Å². The standard InChI is InChI=1S/C13H13N3O3/c1-19-13(18)10-4-2-9(3-5-10)6-15-12(17)11-7-14-8-16-11/h2-5,7-8H,6H2,1H3,(H,14,16)(H,15,17). The van der Waals surface area contributed by atoms with E-state index in [9.17, 15) is 9.59 Å². The predicted molar refractivity (Wildman–Crippen MR) is 67.5 cm³/mol. The maximum Gasteiger partial charge on any atom is 0.337 e. The zero-order valence-electron chi connectivity index (χ0n) is 10.3. The lowest BCUT2D eigenvalue weighted by Gasteiger charge is -2.05. The van der Waals surface area contributed by atoms with Crippen LogP contribution in [0.4, 0.5) is 0 Å². The van der Waals surface area contributed by atoms with E-state index < -0.39 is 0 Å². The van der Waals surface area contributed by atoms with Crippen molar-refractivity contribution in [2.75, 3.05) is 7.11 Å². The minimum absolute atomic E-state index is 0.227. The van der Waals surface area contributed by atoms with Gasteiger partial charge < -0.3 is 15.0 Å². The van der Waals surface area contributed by atoms with Crippen molar-refractivity contribution in [3.8, 4) is 0 Å². The number of ether oxygens (including phenoxy) is 1. The highest BCUT2D eigenvalue weighted by Gasteiger charge is 2.07. The number of hydrogen-bond donors (Lipinski definition) is 2. The van der Waals surface area contributed by atoms with E-state index >= 15 is 0 Å². The van der Waals surface area contributed by atoms with Crippen molar-refractivity contribution >= 4 is 11.9 Å². The number of benzene rings is 1. The number of aromatic amines is 1. The lowest BCUT2D eigenvalue weighted by Crippen LogP contribution is -2.23. The summed E-state index contributed by atoms with van der Waals surface area (Å²) in [5, 5.41) is 2.74. The molecule has 0 fully saturated rings. The van der Waals surface area contributed by atoms with Crippen LogP contribution >= 0.6 is 0 Å². The fraction of sp³-hybridized carbons (Fsp3) is 0.154. The molecule has 0 aliphatic rings. The summed E-state index contributed by atoms with van der Waals surface area (Å²) in [5.41, 5.74) is 1.78. The van der Waals surface area contributed by atoms with Gasteiger partial charge in [0.05, 0.1) is 25.2 Å². The van der Waals surface area contributed by atoms with Gasteiger partial charge in [0.1, 0.15) is 5.69 Å². The van der Waals surface area contributed by atoms with Gasteiger partial charge >= 0.3 is 5.97 Å². The molecule has 98 valence electrons. The molecule has 1 aromatic carbocycles. The highest BCUT2D eigenvalue weighted by atomic mass is 16.5. The Hall–Kier alpha value is -2.63. The first kappa shape index (κ1) is 12.8. The Morgan fingerprint density at radius 2 is 2.05 bits per heavy atom. The maximum atomic E-state index is 11.6. The molecule has 0 saturated carbocycles. The molecular formula is C13H13N3O3. The lowest BCUT2D eigenvalue weighted by molar-refractivity contribution is 0.0600. The van der Waals surface area contributed by atoms with Crippen LogP contribution in [0.5, 0.6) is 0 Å². The van der Waals surface area contributed by atoms with Gasteiger partial charge in [0.25, 0.3) is 5.91 Å². The number of carbonyl (C=O) groups excluding carboxylic acids is 2. The highest BCUT2D eigenvalue weighted by molar-refractivity contribution is 5.92. The molecule has 0 aliphatic carbocycles. The summed E-state index contributed by atoms with van der Waals surface area (Å²) < 4.78 is 4.60. The average Bonchev–Trinajstić information content (AvgIpc) is 2.98. The first-order valence-electron chi connectivity index (χ1n) is 5.64. The first-order chi connectivity index (χ1) is 9.20. The largest absolute Gasteiger partial charge is 0.465 e. The third-order valence-corrected chi connectivity index (χ3v) is 2.57. The second-order valence-electron chi connectivity index (χ2n) is 3.84. The van der Waals surface area contributed by atoms with Crippen molar-refractivity contribution in [3.05, 3.63) is 53.6 Å². The Morgan fingerprint density at radius 1 is 1.32 bits per heavy atom. The summed E-state index contributed by atoms with van der Waals surface area (Å²) in [5.74, 6) is -0.609. The Bertz CT molecular complexity index is 561. The number of rotatable bonds is 4. The van der Waals surface area contributed by atoms with Gasteiger partial charge in [0, 0.05) is 6.54 Å². The summed E-state index contributed by atoms with van der Waals surface area (Å²) in [6.07, 6.45) is 2.90. The highest BCUT2D eigenvalue weighted by Crippen LogP contribution is 2.05. The smallest absolute Gasteiger partial charge is 0.337 e. The first-order valence-corrected chi connectivity index (χ1v) is 5.64. The van der Waals surface area contributed by atoms with Gasteiger partial charge in [0.15, 0.2) is 0 Å². The third-order valence-electron chi connectivity index (χ3n) is 2.57. The SMILES string of the molecule is COC(=O)c1ccc(CNC(=O)c2cnc[nH]2)cc1. The molecular weight excluding hydrogens is 246 g/mol. The zero-order chi connectivity index (χ0) is 13.7. The van der Waals surface area contributed by atoms with Crippen molar-refractivity contribution in [2.45, 2.75) is 6.54 Å². The molecule has 0 atom stereocenters. The molecule has 0 aliphatic heterocycles. The van der Waals surface area contributed by atoms with E-state index in [-0.39, 0.29) is 11.9 Å². The number of esters is 1. The Morgan fingerprint density at radius 3 is 2.63 bits per heavy atom. The number of imidazole rings is 1. The second kappa shape index (κ2) is 5.81. The van der Waals surface area contributed by atoms with Crippen molar-refractivity contribution in [1.82, 2.24) is 15.3 Å². The molecule has 2 N–H and O–H groups in total. The van der Waals surface area contributed by atoms with Gasteiger partial charge in [-0.25, -0.2) is 9.78 Å². The maximum absolute atomic E-state index is 11.6. The van der Waals surface area contributed by atoms with Crippen LogP contribution in [0.2, 0.25) is 0 Å². The van der Waals surface area contributed by atoms with Crippen LogP contribution in [-0.4, -0.2) is 29.0 Å². The van der Waals surface area contributed by atoms with Crippen molar-refractivity contribution in [3.63, 3.8) is 0 Å². The Kier molecular flexibility index (Phi) is 3.92. The summed E-state index contributed by atoms with van der Waals surface area (Å²) in [7, 11) is 1.33. The molecule has 2 aromatic rings. The van der Waals surface area contributed by atoms with Crippen LogP contribution in [0.3, 0.4) is 0 Å². The number of hydrogen-bond acceptors (Lipinski definition) is 4. The molecule has 0 saturated heterocycles. The number of carbonyl (C=O) groups is 2. The monoisotopic (exact) mass is 259 g/mol. The van der Waals surface area contributed by atoms with Gasteiger partial charge in [-0.1, -0.05) is 12.1 Å². The van der Waals surface area contributed by atoms with E-state index in [0.29, 0.717) is 17.8 Å². The van der Waals surface area contributed by atoms with Crippen molar-refractivity contribution < 1.29 is 14.3 Å². The number of amides is 1. The Balaban J connectivity index is 1.93. The minimum atomic E-state index is -0.381. The number of H-pyrrole nitrogens is 1. The molecule has 0 bridgehead atoms. The number of nitrogens with one attached hydrogen (secondary N) is 2. The van der Waals surface area contributed by atoms with Gasteiger partial charge in [-0.2, -0.15) is 0 Å². The minimum Gasteiger partial charge on any atom is -0.465 e. The number of nitrogens with zero attached hydrogens (tertiary/aromatic N) is 1. The van der Waals surface area contributed by atoms with Crippen LogP contribution in [-0.2, 0) is 11.3 Å². The molecule has 0 radical (unpaired) electrons. The molecule has 19 heavy (non-hydrogen) atoms. The van der Waals surface area contributed by atoms with Crippen LogP contribution in [0, 0.1) is 0 Å². The molecule has 2 rings (SSSR count). The summed E-state index contributed by atoms with van der Waals surface area (Å²) >= 11 is 0. The van der Waals surface area contributed by atoms with E-state index in [4.69, 9.17) is 0 Å². The van der Waals surface area contributed by atoms with E-state index in [0.717, 1.165) is 5.56 Å². The fourth-order valence-electron chi connectivity index (χ4n) is 1.53. The summed E-state index contributed by atoms with van der Waals surface area (Å²) in [6, 6.07) is 6.84. The number of methoxy groups -OCH3 is 1. The second-order valence-corrected chi connectivity index (χ2v) is 3.84. The zero-order valence-corrected chi connectivity index (χ0v) is 10.3. The average molecular weight is 259 g/mol. The van der Waals surface area contributed by atoms with E-state index in [1.54, 1.807) is 24.3 Å². The number of aromatic nitrogens is 2. The van der Waals surface area contributed by atoms with E-state index in [2.05, 4.69) is 20.0 Å². The van der Waals surface area contributed by atoms with Gasteiger partial charge in [-0.15, -0.1) is 0 Å². The quantitative estimate of drug-likeness (QED) is 0.806. The lowest BCUT2D eigenvalue weighted by atomic mass is 10.1. The van der Waals surface area contributed by atoms with Crippen molar-refractivity contribution in [1.29, 1.82) is 0 Å². The van der Waals surface area contributed by atoms with E-state index in [1.165, 1.54) is 19.6 Å². The van der Waals surface area contributed by atoms with Gasteiger partial charge in [-0.05, 0) is 17.7 Å². The molecule has 1 aromatic heterocycles. The van der Waals surface area contributed by atoms with Crippen LogP contribution in [0.25, 0.3) is 0 Å². The topological polar surface area (TPSA) is 84.1 Å². The normalized spacial score (nSPS) is 9.95. The molecule has 1 heterocycles.